The Labute approximate surface area is 86.1 Å². The SMILES string of the molecule is CC(CCO)Nc1nc(N)c(F)cc1F. The number of aromatic nitrogens is 1. The number of nitrogens with zero attached hydrogens (tertiary/aromatic N) is 1. The Hall–Kier alpha value is -1.43. The van der Waals surface area contributed by atoms with Crippen LogP contribution in [0.2, 0.25) is 0 Å². The molecule has 0 fully saturated rings. The molecule has 0 saturated heterocycles. The third-order valence-corrected chi connectivity index (χ3v) is 1.90. The van der Waals surface area contributed by atoms with Gasteiger partial charge in [0.15, 0.2) is 23.3 Å². The number of hydrogen-bond acceptors (Lipinski definition) is 4. The first kappa shape index (κ1) is 11.6. The first-order valence-electron chi connectivity index (χ1n) is 4.53. The van der Waals surface area contributed by atoms with Crippen molar-refractivity contribution in [3.8, 4) is 0 Å². The van der Waals surface area contributed by atoms with Gasteiger partial charge >= 0.3 is 0 Å². The van der Waals surface area contributed by atoms with Crippen molar-refractivity contribution in [2.45, 2.75) is 19.4 Å². The maximum atomic E-state index is 13.1. The second kappa shape index (κ2) is 4.88. The quantitative estimate of drug-likeness (QED) is 0.706. The van der Waals surface area contributed by atoms with Crippen molar-refractivity contribution in [2.75, 3.05) is 17.7 Å². The number of aliphatic hydroxyl groups is 1. The van der Waals surface area contributed by atoms with E-state index in [2.05, 4.69) is 10.3 Å². The van der Waals surface area contributed by atoms with E-state index < -0.39 is 11.6 Å². The maximum Gasteiger partial charge on any atom is 0.168 e. The van der Waals surface area contributed by atoms with Crippen molar-refractivity contribution in [1.29, 1.82) is 0 Å². The van der Waals surface area contributed by atoms with Gasteiger partial charge in [0.1, 0.15) is 0 Å². The van der Waals surface area contributed by atoms with Crippen LogP contribution in [-0.2, 0) is 0 Å². The molecule has 15 heavy (non-hydrogen) atoms. The Morgan fingerprint density at radius 2 is 2.20 bits per heavy atom. The second-order valence-corrected chi connectivity index (χ2v) is 3.24. The van der Waals surface area contributed by atoms with E-state index >= 15 is 0 Å². The number of nitrogen functional groups attached to an aromatic ring is 1. The zero-order valence-electron chi connectivity index (χ0n) is 8.30. The van der Waals surface area contributed by atoms with Crippen LogP contribution in [0.4, 0.5) is 20.4 Å². The normalized spacial score (nSPS) is 12.5. The maximum absolute atomic E-state index is 13.1. The molecule has 4 nitrogen and oxygen atoms in total. The van der Waals surface area contributed by atoms with Crippen molar-refractivity contribution in [3.05, 3.63) is 17.7 Å². The minimum atomic E-state index is -0.882. The van der Waals surface area contributed by atoms with Crippen molar-refractivity contribution in [2.24, 2.45) is 0 Å². The zero-order valence-corrected chi connectivity index (χ0v) is 8.30. The predicted molar refractivity (Wildman–Crippen MR) is 53.4 cm³/mol. The van der Waals surface area contributed by atoms with E-state index in [-0.39, 0.29) is 24.3 Å². The van der Waals surface area contributed by atoms with Gasteiger partial charge in [-0.1, -0.05) is 0 Å². The van der Waals surface area contributed by atoms with Gasteiger partial charge in [-0.3, -0.25) is 0 Å². The number of aliphatic hydroxyl groups excluding tert-OH is 1. The monoisotopic (exact) mass is 217 g/mol. The van der Waals surface area contributed by atoms with E-state index in [0.29, 0.717) is 12.5 Å². The van der Waals surface area contributed by atoms with Crippen LogP contribution in [-0.4, -0.2) is 22.7 Å². The molecule has 6 heteroatoms. The van der Waals surface area contributed by atoms with Crippen LogP contribution in [0.3, 0.4) is 0 Å². The summed E-state index contributed by atoms with van der Waals surface area (Å²) in [5, 5.41) is 11.3. The fraction of sp³-hybridized carbons (Fsp3) is 0.444. The number of pyridine rings is 1. The summed E-state index contributed by atoms with van der Waals surface area (Å²) in [4.78, 5) is 3.53. The molecule has 0 saturated carbocycles. The molecular weight excluding hydrogens is 204 g/mol. The molecule has 0 aliphatic rings. The van der Waals surface area contributed by atoms with Gasteiger partial charge in [0.05, 0.1) is 0 Å². The summed E-state index contributed by atoms with van der Waals surface area (Å²) in [6.07, 6.45) is 0.443. The molecule has 1 unspecified atom stereocenters. The van der Waals surface area contributed by atoms with E-state index in [0.717, 1.165) is 0 Å². The van der Waals surface area contributed by atoms with Gasteiger partial charge in [0.2, 0.25) is 0 Å². The summed E-state index contributed by atoms with van der Waals surface area (Å²) in [6.45, 7) is 1.73. The molecule has 4 N–H and O–H groups in total. The number of hydrogen-bond donors (Lipinski definition) is 3. The van der Waals surface area contributed by atoms with E-state index in [1.165, 1.54) is 0 Å². The standard InChI is InChI=1S/C9H13F2N3O/c1-5(2-3-15)13-9-7(11)4-6(10)8(12)14-9/h4-5,15H,2-3H2,1H3,(H3,12,13,14). The van der Waals surface area contributed by atoms with Crippen molar-refractivity contribution < 1.29 is 13.9 Å². The van der Waals surface area contributed by atoms with Crippen molar-refractivity contribution in [3.63, 3.8) is 0 Å². The number of nitrogens with two attached hydrogens (primary N) is 1. The highest BCUT2D eigenvalue weighted by atomic mass is 19.1. The largest absolute Gasteiger partial charge is 0.396 e. The fourth-order valence-electron chi connectivity index (χ4n) is 1.08. The number of halogens is 2. The topological polar surface area (TPSA) is 71.2 Å². The highest BCUT2D eigenvalue weighted by Gasteiger charge is 2.11. The molecule has 1 aromatic heterocycles. The number of nitrogens with one attached hydrogen (secondary N) is 1. The average molecular weight is 217 g/mol. The molecular formula is C9H13F2N3O. The van der Waals surface area contributed by atoms with Gasteiger partial charge in [-0.2, -0.15) is 0 Å². The van der Waals surface area contributed by atoms with Crippen LogP contribution < -0.4 is 11.1 Å². The molecule has 0 amide bonds. The first-order valence-corrected chi connectivity index (χ1v) is 4.53. The van der Waals surface area contributed by atoms with Gasteiger partial charge in [0.25, 0.3) is 0 Å². The van der Waals surface area contributed by atoms with E-state index in [4.69, 9.17) is 10.8 Å². The van der Waals surface area contributed by atoms with Gasteiger partial charge in [0, 0.05) is 18.7 Å². The van der Waals surface area contributed by atoms with Gasteiger partial charge in [-0.25, -0.2) is 13.8 Å². The third-order valence-electron chi connectivity index (χ3n) is 1.90. The predicted octanol–water partition coefficient (Wildman–Crippen LogP) is 1.12. The average Bonchev–Trinajstić information content (AvgIpc) is 2.14. The van der Waals surface area contributed by atoms with Crippen LogP contribution in [0.15, 0.2) is 6.07 Å². The summed E-state index contributed by atoms with van der Waals surface area (Å²) in [7, 11) is 0. The summed E-state index contributed by atoms with van der Waals surface area (Å²) in [6, 6.07) is 0.512. The van der Waals surface area contributed by atoms with Crippen LogP contribution in [0.25, 0.3) is 0 Å². The molecule has 0 aliphatic carbocycles. The van der Waals surface area contributed by atoms with E-state index in [9.17, 15) is 8.78 Å². The molecule has 0 aromatic carbocycles. The number of rotatable bonds is 4. The van der Waals surface area contributed by atoms with Gasteiger partial charge < -0.3 is 16.2 Å². The highest BCUT2D eigenvalue weighted by Crippen LogP contribution is 2.17. The van der Waals surface area contributed by atoms with E-state index in [1.807, 2.05) is 0 Å². The summed E-state index contributed by atoms with van der Waals surface area (Å²) < 4.78 is 25.9. The summed E-state index contributed by atoms with van der Waals surface area (Å²) in [5.41, 5.74) is 5.20. The smallest absolute Gasteiger partial charge is 0.168 e. The molecule has 0 aliphatic heterocycles. The lowest BCUT2D eigenvalue weighted by Gasteiger charge is -2.13. The first-order chi connectivity index (χ1) is 7.04. The Kier molecular flexibility index (Phi) is 3.79. The van der Waals surface area contributed by atoms with Gasteiger partial charge in [-0.15, -0.1) is 0 Å². The summed E-state index contributed by atoms with van der Waals surface area (Å²) >= 11 is 0. The number of anilines is 2. The van der Waals surface area contributed by atoms with Gasteiger partial charge in [-0.05, 0) is 13.3 Å². The van der Waals surface area contributed by atoms with Crippen molar-refractivity contribution in [1.82, 2.24) is 4.98 Å². The second-order valence-electron chi connectivity index (χ2n) is 3.24. The molecule has 0 spiro atoms. The molecule has 0 bridgehead atoms. The highest BCUT2D eigenvalue weighted by molar-refractivity contribution is 5.45. The molecule has 84 valence electrons. The minimum Gasteiger partial charge on any atom is -0.396 e. The Bertz CT molecular complexity index is 346. The molecule has 0 radical (unpaired) electrons. The molecule has 1 aromatic rings. The van der Waals surface area contributed by atoms with Crippen LogP contribution in [0.1, 0.15) is 13.3 Å². The zero-order chi connectivity index (χ0) is 11.4. The third kappa shape index (κ3) is 3.02. The van der Waals surface area contributed by atoms with Crippen LogP contribution in [0.5, 0.6) is 0 Å². The molecule has 1 rings (SSSR count). The minimum absolute atomic E-state index is 0.0214. The Balaban J connectivity index is 2.81. The Morgan fingerprint density at radius 1 is 1.53 bits per heavy atom. The lowest BCUT2D eigenvalue weighted by atomic mass is 10.2. The lowest BCUT2D eigenvalue weighted by molar-refractivity contribution is 0.282. The molecule has 1 heterocycles. The lowest BCUT2D eigenvalue weighted by Crippen LogP contribution is -2.19. The summed E-state index contributed by atoms with van der Waals surface area (Å²) in [5.74, 6) is -2.13. The molecule has 1 atom stereocenters. The van der Waals surface area contributed by atoms with Crippen molar-refractivity contribution >= 4 is 11.6 Å². The van der Waals surface area contributed by atoms with E-state index in [1.54, 1.807) is 6.92 Å². The fourth-order valence-corrected chi connectivity index (χ4v) is 1.08. The van der Waals surface area contributed by atoms with Crippen LogP contribution >= 0.6 is 0 Å². The van der Waals surface area contributed by atoms with Crippen LogP contribution in [0, 0.1) is 11.6 Å². The Morgan fingerprint density at radius 3 is 2.80 bits per heavy atom.